The summed E-state index contributed by atoms with van der Waals surface area (Å²) >= 11 is 1.24. The summed E-state index contributed by atoms with van der Waals surface area (Å²) in [7, 11) is 0. The zero-order chi connectivity index (χ0) is 19.5. The Morgan fingerprint density at radius 2 is 1.96 bits per heavy atom. The molecule has 0 bridgehead atoms. The molecule has 2 aliphatic rings. The van der Waals surface area contributed by atoms with Gasteiger partial charge in [-0.15, -0.1) is 0 Å². The number of carboxylic acids is 1. The highest BCUT2D eigenvalue weighted by Crippen LogP contribution is 2.34. The lowest BCUT2D eigenvalue weighted by Crippen LogP contribution is -2.30. The van der Waals surface area contributed by atoms with Crippen molar-refractivity contribution in [1.82, 2.24) is 0 Å². The van der Waals surface area contributed by atoms with Crippen LogP contribution in [-0.4, -0.2) is 34.7 Å². The van der Waals surface area contributed by atoms with Crippen LogP contribution in [0.1, 0.15) is 12.0 Å². The molecule has 0 spiro atoms. The number of anilines is 1. The van der Waals surface area contributed by atoms with Crippen molar-refractivity contribution < 1.29 is 24.2 Å². The van der Waals surface area contributed by atoms with Gasteiger partial charge in [-0.1, -0.05) is 36.0 Å². The van der Waals surface area contributed by atoms with Crippen molar-refractivity contribution in [2.75, 3.05) is 17.4 Å². The van der Waals surface area contributed by atoms with Gasteiger partial charge in [0.2, 0.25) is 6.79 Å². The molecule has 28 heavy (non-hydrogen) atoms. The number of ether oxygens (including phenoxy) is 2. The molecule has 0 aliphatic carbocycles. The number of carbonyl (C=O) groups excluding carboxylic acids is 1. The van der Waals surface area contributed by atoms with E-state index < -0.39 is 5.97 Å². The summed E-state index contributed by atoms with van der Waals surface area (Å²) in [6.45, 7) is 0.179. The van der Waals surface area contributed by atoms with Crippen molar-refractivity contribution >= 4 is 40.6 Å². The van der Waals surface area contributed by atoms with E-state index in [9.17, 15) is 9.59 Å². The normalized spacial score (nSPS) is 16.6. The highest BCUT2D eigenvalue weighted by atomic mass is 32.2. The van der Waals surface area contributed by atoms with Gasteiger partial charge in [0.25, 0.3) is 5.91 Å². The van der Waals surface area contributed by atoms with Crippen LogP contribution in [0.2, 0.25) is 0 Å². The Labute approximate surface area is 165 Å². The number of thioether (sulfide) groups is 1. The summed E-state index contributed by atoms with van der Waals surface area (Å²) in [6, 6.07) is 14.6. The SMILES string of the molecule is O=C(O)CCSC1=N/C(=C/c2ccc3c(c2)OCO3)C(=O)N1c1ccccc1. The number of aliphatic carboxylic acids is 1. The predicted molar refractivity (Wildman–Crippen MR) is 107 cm³/mol. The molecule has 0 saturated carbocycles. The molecule has 0 fully saturated rings. The number of para-hydroxylation sites is 1. The van der Waals surface area contributed by atoms with Crippen LogP contribution in [0.25, 0.3) is 6.08 Å². The summed E-state index contributed by atoms with van der Waals surface area (Å²) in [5.74, 6) is 0.461. The molecule has 0 atom stereocenters. The first kappa shape index (κ1) is 18.1. The maximum absolute atomic E-state index is 13.0. The second kappa shape index (κ2) is 7.77. The van der Waals surface area contributed by atoms with Crippen LogP contribution < -0.4 is 14.4 Å². The zero-order valence-corrected chi connectivity index (χ0v) is 15.5. The predicted octanol–water partition coefficient (Wildman–Crippen LogP) is 3.37. The first-order valence-corrected chi connectivity index (χ1v) is 9.54. The summed E-state index contributed by atoms with van der Waals surface area (Å²) in [4.78, 5) is 29.8. The van der Waals surface area contributed by atoms with Gasteiger partial charge >= 0.3 is 5.97 Å². The lowest BCUT2D eigenvalue weighted by atomic mass is 10.1. The van der Waals surface area contributed by atoms with Gasteiger partial charge in [0, 0.05) is 5.75 Å². The van der Waals surface area contributed by atoms with Gasteiger partial charge in [-0.25, -0.2) is 4.99 Å². The molecule has 2 aromatic rings. The number of hydrogen-bond donors (Lipinski definition) is 1. The maximum Gasteiger partial charge on any atom is 0.304 e. The van der Waals surface area contributed by atoms with Crippen LogP contribution in [0.3, 0.4) is 0 Å². The number of amides is 1. The van der Waals surface area contributed by atoms with E-state index in [0.717, 1.165) is 5.56 Å². The third-order valence-electron chi connectivity index (χ3n) is 4.09. The van der Waals surface area contributed by atoms with E-state index in [1.807, 2.05) is 36.4 Å². The van der Waals surface area contributed by atoms with Crippen molar-refractivity contribution in [3.05, 3.63) is 59.8 Å². The van der Waals surface area contributed by atoms with E-state index >= 15 is 0 Å². The molecule has 1 amide bonds. The van der Waals surface area contributed by atoms with E-state index in [4.69, 9.17) is 14.6 Å². The van der Waals surface area contributed by atoms with Crippen molar-refractivity contribution in [3.8, 4) is 11.5 Å². The van der Waals surface area contributed by atoms with Crippen LogP contribution in [-0.2, 0) is 9.59 Å². The fourth-order valence-corrected chi connectivity index (χ4v) is 3.73. The highest BCUT2D eigenvalue weighted by molar-refractivity contribution is 8.14. The minimum Gasteiger partial charge on any atom is -0.481 e. The van der Waals surface area contributed by atoms with Gasteiger partial charge < -0.3 is 14.6 Å². The Bertz CT molecular complexity index is 987. The number of nitrogens with zero attached hydrogens (tertiary/aromatic N) is 2. The fourth-order valence-electron chi connectivity index (χ4n) is 2.79. The van der Waals surface area contributed by atoms with Crippen LogP contribution in [0.4, 0.5) is 5.69 Å². The number of fused-ring (bicyclic) bond motifs is 1. The number of carbonyl (C=O) groups is 2. The Balaban J connectivity index is 1.64. The minimum absolute atomic E-state index is 0.0122. The van der Waals surface area contributed by atoms with E-state index in [2.05, 4.69) is 4.99 Å². The first-order chi connectivity index (χ1) is 13.6. The summed E-state index contributed by atoms with van der Waals surface area (Å²) in [5.41, 5.74) is 1.73. The Hall–Kier alpha value is -3.26. The summed E-state index contributed by atoms with van der Waals surface area (Å²) in [5, 5.41) is 9.34. The fraction of sp³-hybridized carbons (Fsp3) is 0.150. The maximum atomic E-state index is 13.0. The largest absolute Gasteiger partial charge is 0.481 e. The standard InChI is InChI=1S/C20H16N2O5S/c23-18(24)8-9-28-20-21-15(19(25)22(20)14-4-2-1-3-5-14)10-13-6-7-16-17(11-13)27-12-26-16/h1-7,10-11H,8-9,12H2,(H,23,24)/b15-10+. The topological polar surface area (TPSA) is 88.4 Å². The number of amidine groups is 1. The second-order valence-electron chi connectivity index (χ2n) is 6.00. The van der Waals surface area contributed by atoms with Crippen LogP contribution >= 0.6 is 11.8 Å². The molecule has 142 valence electrons. The summed E-state index contributed by atoms with van der Waals surface area (Å²) < 4.78 is 10.7. The Morgan fingerprint density at radius 1 is 1.18 bits per heavy atom. The molecule has 2 heterocycles. The van der Waals surface area contributed by atoms with Crippen molar-refractivity contribution in [3.63, 3.8) is 0 Å². The minimum atomic E-state index is -0.889. The van der Waals surface area contributed by atoms with Crippen molar-refractivity contribution in [2.24, 2.45) is 4.99 Å². The molecule has 0 radical (unpaired) electrons. The number of hydrogen-bond acceptors (Lipinski definition) is 6. The third kappa shape index (κ3) is 3.72. The van der Waals surface area contributed by atoms with Gasteiger partial charge in [-0.05, 0) is 35.9 Å². The lowest BCUT2D eigenvalue weighted by Gasteiger charge is -2.17. The van der Waals surface area contributed by atoms with Gasteiger partial charge in [0.05, 0.1) is 12.1 Å². The summed E-state index contributed by atoms with van der Waals surface area (Å²) in [6.07, 6.45) is 1.67. The monoisotopic (exact) mass is 396 g/mol. The molecule has 1 N–H and O–H groups in total. The molecule has 0 unspecified atom stereocenters. The van der Waals surface area contributed by atoms with Crippen LogP contribution in [0.5, 0.6) is 11.5 Å². The Kier molecular flexibility index (Phi) is 5.03. The number of carboxylic acid groups (broad SMARTS) is 1. The quantitative estimate of drug-likeness (QED) is 0.780. The first-order valence-electron chi connectivity index (χ1n) is 8.56. The highest BCUT2D eigenvalue weighted by Gasteiger charge is 2.32. The molecular formula is C20H16N2O5S. The molecule has 4 rings (SSSR count). The number of benzene rings is 2. The van der Waals surface area contributed by atoms with E-state index in [1.54, 1.807) is 18.2 Å². The molecule has 2 aliphatic heterocycles. The molecule has 8 heteroatoms. The Morgan fingerprint density at radius 3 is 2.75 bits per heavy atom. The van der Waals surface area contributed by atoms with Gasteiger partial charge in [-0.2, -0.15) is 0 Å². The van der Waals surface area contributed by atoms with Crippen molar-refractivity contribution in [2.45, 2.75) is 6.42 Å². The molecule has 0 saturated heterocycles. The molecule has 0 aromatic heterocycles. The lowest BCUT2D eigenvalue weighted by molar-refractivity contribution is -0.136. The number of rotatable bonds is 5. The van der Waals surface area contributed by atoms with Gasteiger partial charge in [0.15, 0.2) is 16.7 Å². The van der Waals surface area contributed by atoms with E-state index in [1.165, 1.54) is 16.7 Å². The molecule has 2 aromatic carbocycles. The second-order valence-corrected chi connectivity index (χ2v) is 7.07. The molecule has 7 nitrogen and oxygen atoms in total. The third-order valence-corrected chi connectivity index (χ3v) is 5.03. The van der Waals surface area contributed by atoms with Crippen molar-refractivity contribution in [1.29, 1.82) is 0 Å². The van der Waals surface area contributed by atoms with E-state index in [-0.39, 0.29) is 24.8 Å². The van der Waals surface area contributed by atoms with Gasteiger partial charge in [-0.3, -0.25) is 14.5 Å². The van der Waals surface area contributed by atoms with Crippen LogP contribution in [0, 0.1) is 0 Å². The smallest absolute Gasteiger partial charge is 0.304 e. The van der Waals surface area contributed by atoms with Crippen LogP contribution in [0.15, 0.2) is 59.2 Å². The average molecular weight is 396 g/mol. The van der Waals surface area contributed by atoms with Gasteiger partial charge in [0.1, 0.15) is 5.70 Å². The molecular weight excluding hydrogens is 380 g/mol. The van der Waals surface area contributed by atoms with E-state index in [0.29, 0.717) is 28.1 Å². The average Bonchev–Trinajstić information content (AvgIpc) is 3.27. The zero-order valence-electron chi connectivity index (χ0n) is 14.7. The number of aliphatic imine (C=N–C) groups is 1.